The second kappa shape index (κ2) is 10.1. The third-order valence-corrected chi connectivity index (χ3v) is 5.11. The summed E-state index contributed by atoms with van der Waals surface area (Å²) >= 11 is 0. The predicted molar refractivity (Wildman–Crippen MR) is 108 cm³/mol. The number of ether oxygens (including phenoxy) is 1. The fourth-order valence-corrected chi connectivity index (χ4v) is 3.57. The van der Waals surface area contributed by atoms with Gasteiger partial charge in [-0.25, -0.2) is 0 Å². The van der Waals surface area contributed by atoms with Crippen LogP contribution < -0.4 is 5.32 Å². The molecule has 0 spiro atoms. The molecule has 5 heteroatoms. The predicted octanol–water partition coefficient (Wildman–Crippen LogP) is 3.62. The molecule has 0 unspecified atom stereocenters. The quantitative estimate of drug-likeness (QED) is 0.724. The Kier molecular flexibility index (Phi) is 7.22. The maximum absolute atomic E-state index is 12.8. The molecule has 2 heterocycles. The summed E-state index contributed by atoms with van der Waals surface area (Å²) in [6.07, 6.45) is 7.56. The topological polar surface area (TPSA) is 54.5 Å². The van der Waals surface area contributed by atoms with Gasteiger partial charge in [0, 0.05) is 45.7 Å². The van der Waals surface area contributed by atoms with E-state index in [1.165, 1.54) is 5.56 Å². The molecule has 1 aliphatic heterocycles. The van der Waals surface area contributed by atoms with Crippen molar-refractivity contribution >= 4 is 11.6 Å². The van der Waals surface area contributed by atoms with Crippen LogP contribution in [0, 0.1) is 5.92 Å². The van der Waals surface area contributed by atoms with Crippen LogP contribution in [0.2, 0.25) is 0 Å². The Bertz CT molecular complexity index is 713. The first kappa shape index (κ1) is 19.4. The summed E-state index contributed by atoms with van der Waals surface area (Å²) < 4.78 is 5.05. The van der Waals surface area contributed by atoms with Crippen molar-refractivity contribution in [2.75, 3.05) is 38.7 Å². The lowest BCUT2D eigenvalue weighted by Gasteiger charge is -2.32. The highest BCUT2D eigenvalue weighted by Crippen LogP contribution is 2.23. The summed E-state index contributed by atoms with van der Waals surface area (Å²) in [4.78, 5) is 19.0. The van der Waals surface area contributed by atoms with Crippen LogP contribution in [0.3, 0.4) is 0 Å². The number of nitrogens with zero attached hydrogens (tertiary/aromatic N) is 2. The van der Waals surface area contributed by atoms with Crippen LogP contribution in [0.1, 0.15) is 35.2 Å². The molecular weight excluding hydrogens is 338 g/mol. The van der Waals surface area contributed by atoms with Crippen LogP contribution in [0.4, 0.5) is 5.69 Å². The average molecular weight is 367 g/mol. The van der Waals surface area contributed by atoms with Crippen LogP contribution in [0.25, 0.3) is 0 Å². The number of likely N-dealkylation sites (tertiary alicyclic amines) is 1. The summed E-state index contributed by atoms with van der Waals surface area (Å²) in [5, 5.41) is 3.30. The van der Waals surface area contributed by atoms with E-state index in [4.69, 9.17) is 4.74 Å². The Morgan fingerprint density at radius 2 is 2.00 bits per heavy atom. The minimum atomic E-state index is 0.0844. The van der Waals surface area contributed by atoms with E-state index in [2.05, 4.69) is 40.6 Å². The Balaban J connectivity index is 1.50. The molecule has 1 amide bonds. The molecule has 0 bridgehead atoms. The third kappa shape index (κ3) is 5.79. The van der Waals surface area contributed by atoms with Crippen molar-refractivity contribution in [3.05, 3.63) is 59.9 Å². The number of amides is 1. The molecule has 5 nitrogen and oxygen atoms in total. The molecule has 1 saturated heterocycles. The average Bonchev–Trinajstić information content (AvgIpc) is 2.72. The molecule has 27 heavy (non-hydrogen) atoms. The zero-order valence-electron chi connectivity index (χ0n) is 16.1. The van der Waals surface area contributed by atoms with Crippen LogP contribution >= 0.6 is 0 Å². The molecule has 0 aliphatic carbocycles. The Morgan fingerprint density at radius 3 is 2.74 bits per heavy atom. The van der Waals surface area contributed by atoms with Crippen molar-refractivity contribution < 1.29 is 9.53 Å². The molecule has 1 aromatic heterocycles. The van der Waals surface area contributed by atoms with Gasteiger partial charge in [0.25, 0.3) is 5.91 Å². The van der Waals surface area contributed by atoms with Crippen molar-refractivity contribution in [3.63, 3.8) is 0 Å². The second-order valence-corrected chi connectivity index (χ2v) is 7.16. The standard InChI is InChI=1S/C22H29N3O2/c1-27-13-5-10-24-21-15-20(16-23-17-21)22(26)25-11-8-19(9-12-25)14-18-6-3-2-4-7-18/h2-4,6-7,15-17,19,24H,5,8-14H2,1H3. The van der Waals surface area contributed by atoms with Gasteiger partial charge in [-0.15, -0.1) is 0 Å². The number of hydrogen-bond acceptors (Lipinski definition) is 4. The molecule has 0 atom stereocenters. The van der Waals surface area contributed by atoms with E-state index in [1.807, 2.05) is 11.0 Å². The van der Waals surface area contributed by atoms with E-state index < -0.39 is 0 Å². The SMILES string of the molecule is COCCCNc1cncc(C(=O)N2CCC(Cc3ccccc3)CC2)c1. The number of methoxy groups -OCH3 is 1. The smallest absolute Gasteiger partial charge is 0.255 e. The van der Waals surface area contributed by atoms with E-state index in [9.17, 15) is 4.79 Å². The van der Waals surface area contributed by atoms with Gasteiger partial charge in [0.2, 0.25) is 0 Å². The van der Waals surface area contributed by atoms with Crippen molar-refractivity contribution in [3.8, 4) is 0 Å². The fraction of sp³-hybridized carbons (Fsp3) is 0.455. The first-order valence-corrected chi connectivity index (χ1v) is 9.77. The normalized spacial score (nSPS) is 14.9. The van der Waals surface area contributed by atoms with E-state index in [0.717, 1.165) is 57.6 Å². The lowest BCUT2D eigenvalue weighted by molar-refractivity contribution is 0.0690. The van der Waals surface area contributed by atoms with Gasteiger partial charge in [-0.3, -0.25) is 9.78 Å². The highest BCUT2D eigenvalue weighted by Gasteiger charge is 2.24. The fourth-order valence-electron chi connectivity index (χ4n) is 3.57. The number of hydrogen-bond donors (Lipinski definition) is 1. The second-order valence-electron chi connectivity index (χ2n) is 7.16. The minimum absolute atomic E-state index is 0.0844. The van der Waals surface area contributed by atoms with Crippen LogP contribution in [-0.2, 0) is 11.2 Å². The first-order valence-electron chi connectivity index (χ1n) is 9.77. The third-order valence-electron chi connectivity index (χ3n) is 5.11. The lowest BCUT2D eigenvalue weighted by atomic mass is 9.90. The monoisotopic (exact) mass is 367 g/mol. The van der Waals surface area contributed by atoms with Crippen LogP contribution in [-0.4, -0.2) is 49.1 Å². The van der Waals surface area contributed by atoms with Gasteiger partial charge in [0.05, 0.1) is 11.3 Å². The first-order chi connectivity index (χ1) is 13.3. The molecule has 1 aromatic carbocycles. The zero-order chi connectivity index (χ0) is 18.9. The molecule has 1 fully saturated rings. The number of aromatic nitrogens is 1. The zero-order valence-corrected chi connectivity index (χ0v) is 16.1. The van der Waals surface area contributed by atoms with E-state index in [1.54, 1.807) is 19.5 Å². The number of pyridine rings is 1. The maximum Gasteiger partial charge on any atom is 0.255 e. The van der Waals surface area contributed by atoms with E-state index >= 15 is 0 Å². The number of anilines is 1. The number of benzene rings is 1. The van der Waals surface area contributed by atoms with E-state index in [0.29, 0.717) is 11.5 Å². The Morgan fingerprint density at radius 1 is 1.22 bits per heavy atom. The summed E-state index contributed by atoms with van der Waals surface area (Å²) in [5.41, 5.74) is 2.93. The number of rotatable bonds is 8. The Hall–Kier alpha value is -2.40. The van der Waals surface area contributed by atoms with Gasteiger partial charge in [0.15, 0.2) is 0 Å². The van der Waals surface area contributed by atoms with Crippen molar-refractivity contribution in [2.45, 2.75) is 25.7 Å². The van der Waals surface area contributed by atoms with Gasteiger partial charge < -0.3 is 15.0 Å². The maximum atomic E-state index is 12.8. The van der Waals surface area contributed by atoms with Gasteiger partial charge in [-0.2, -0.15) is 0 Å². The lowest BCUT2D eigenvalue weighted by Crippen LogP contribution is -2.39. The molecule has 144 valence electrons. The van der Waals surface area contributed by atoms with Crippen LogP contribution in [0.5, 0.6) is 0 Å². The number of carbonyl (C=O) groups excluding carboxylic acids is 1. The molecule has 0 saturated carbocycles. The van der Waals surface area contributed by atoms with Crippen molar-refractivity contribution in [1.29, 1.82) is 0 Å². The Labute approximate surface area is 161 Å². The molecule has 3 rings (SSSR count). The molecular formula is C22H29N3O2. The number of piperidine rings is 1. The van der Waals surface area contributed by atoms with Gasteiger partial charge in [-0.05, 0) is 43.2 Å². The largest absolute Gasteiger partial charge is 0.385 e. The number of nitrogens with one attached hydrogen (secondary N) is 1. The molecule has 1 N–H and O–H groups in total. The van der Waals surface area contributed by atoms with Gasteiger partial charge in [-0.1, -0.05) is 30.3 Å². The van der Waals surface area contributed by atoms with Crippen molar-refractivity contribution in [1.82, 2.24) is 9.88 Å². The summed E-state index contributed by atoms with van der Waals surface area (Å²) in [7, 11) is 1.70. The van der Waals surface area contributed by atoms with Crippen molar-refractivity contribution in [2.24, 2.45) is 5.92 Å². The van der Waals surface area contributed by atoms with Gasteiger partial charge >= 0.3 is 0 Å². The van der Waals surface area contributed by atoms with Crippen LogP contribution in [0.15, 0.2) is 48.8 Å². The highest BCUT2D eigenvalue weighted by atomic mass is 16.5. The summed E-state index contributed by atoms with van der Waals surface area (Å²) in [6, 6.07) is 12.5. The summed E-state index contributed by atoms with van der Waals surface area (Å²) in [5.74, 6) is 0.740. The van der Waals surface area contributed by atoms with Gasteiger partial charge in [0.1, 0.15) is 0 Å². The highest BCUT2D eigenvalue weighted by molar-refractivity contribution is 5.94. The number of carbonyl (C=O) groups is 1. The summed E-state index contributed by atoms with van der Waals surface area (Å²) in [6.45, 7) is 3.17. The minimum Gasteiger partial charge on any atom is -0.385 e. The molecule has 1 aliphatic rings. The van der Waals surface area contributed by atoms with E-state index in [-0.39, 0.29) is 5.91 Å². The molecule has 0 radical (unpaired) electrons. The molecule has 2 aromatic rings.